The summed E-state index contributed by atoms with van der Waals surface area (Å²) in [5.74, 6) is 1.32. The molecule has 0 bridgehead atoms. The lowest BCUT2D eigenvalue weighted by Gasteiger charge is -2.27. The van der Waals surface area contributed by atoms with Crippen LogP contribution in [0.4, 0.5) is 0 Å². The average Bonchev–Trinajstić information content (AvgIpc) is 2.86. The standard InChI is InChI=1S/C12H22N4O/c1-8(2)16-6-4-5-10(16)7-11-14-12(9(3)13)17-15-11/h8-10H,4-7,13H2,1-3H3. The van der Waals surface area contributed by atoms with Crippen molar-refractivity contribution in [3.63, 3.8) is 0 Å². The van der Waals surface area contributed by atoms with Gasteiger partial charge < -0.3 is 10.3 Å². The zero-order valence-electron chi connectivity index (χ0n) is 10.9. The largest absolute Gasteiger partial charge is 0.338 e. The molecule has 1 aliphatic rings. The van der Waals surface area contributed by atoms with Crippen LogP contribution in [-0.2, 0) is 6.42 Å². The normalized spacial score (nSPS) is 23.5. The number of aromatic nitrogens is 2. The molecule has 2 atom stereocenters. The highest BCUT2D eigenvalue weighted by Crippen LogP contribution is 2.22. The van der Waals surface area contributed by atoms with Gasteiger partial charge >= 0.3 is 0 Å². The molecule has 17 heavy (non-hydrogen) atoms. The fraction of sp³-hybridized carbons (Fsp3) is 0.833. The molecule has 1 aromatic rings. The number of likely N-dealkylation sites (tertiary alicyclic amines) is 1. The number of rotatable bonds is 4. The molecular weight excluding hydrogens is 216 g/mol. The van der Waals surface area contributed by atoms with Gasteiger partial charge in [0.2, 0.25) is 5.89 Å². The SMILES string of the molecule is CC(N)c1nc(CC2CCCN2C(C)C)no1. The van der Waals surface area contributed by atoms with E-state index in [1.165, 1.54) is 19.4 Å². The summed E-state index contributed by atoms with van der Waals surface area (Å²) in [5, 5.41) is 4.00. The Morgan fingerprint density at radius 2 is 2.24 bits per heavy atom. The van der Waals surface area contributed by atoms with E-state index in [-0.39, 0.29) is 6.04 Å². The lowest BCUT2D eigenvalue weighted by atomic mass is 10.1. The Hall–Kier alpha value is -0.940. The molecule has 0 saturated carbocycles. The Bertz CT molecular complexity index is 361. The van der Waals surface area contributed by atoms with E-state index in [2.05, 4.69) is 28.9 Å². The summed E-state index contributed by atoms with van der Waals surface area (Å²) < 4.78 is 5.13. The summed E-state index contributed by atoms with van der Waals surface area (Å²) in [5.41, 5.74) is 5.70. The maximum atomic E-state index is 5.70. The monoisotopic (exact) mass is 238 g/mol. The minimum Gasteiger partial charge on any atom is -0.338 e. The molecule has 5 heteroatoms. The van der Waals surface area contributed by atoms with E-state index in [0.717, 1.165) is 12.2 Å². The fourth-order valence-electron chi connectivity index (χ4n) is 2.50. The predicted molar refractivity (Wildman–Crippen MR) is 65.5 cm³/mol. The maximum Gasteiger partial charge on any atom is 0.243 e. The molecule has 1 saturated heterocycles. The summed E-state index contributed by atoms with van der Waals surface area (Å²) >= 11 is 0. The van der Waals surface area contributed by atoms with Gasteiger partial charge in [0, 0.05) is 18.5 Å². The quantitative estimate of drug-likeness (QED) is 0.861. The highest BCUT2D eigenvalue weighted by Gasteiger charge is 2.28. The topological polar surface area (TPSA) is 68.2 Å². The summed E-state index contributed by atoms with van der Waals surface area (Å²) in [7, 11) is 0. The van der Waals surface area contributed by atoms with Crippen LogP contribution in [-0.4, -0.2) is 33.7 Å². The minimum atomic E-state index is -0.180. The second kappa shape index (κ2) is 5.14. The van der Waals surface area contributed by atoms with Crippen LogP contribution in [0.5, 0.6) is 0 Å². The smallest absolute Gasteiger partial charge is 0.243 e. The van der Waals surface area contributed by atoms with Crippen molar-refractivity contribution >= 4 is 0 Å². The van der Waals surface area contributed by atoms with E-state index >= 15 is 0 Å². The van der Waals surface area contributed by atoms with Crippen LogP contribution in [0.2, 0.25) is 0 Å². The van der Waals surface area contributed by atoms with E-state index in [9.17, 15) is 0 Å². The molecule has 0 aromatic carbocycles. The first kappa shape index (κ1) is 12.5. The van der Waals surface area contributed by atoms with Gasteiger partial charge in [-0.3, -0.25) is 4.90 Å². The summed E-state index contributed by atoms with van der Waals surface area (Å²) in [6.07, 6.45) is 3.36. The van der Waals surface area contributed by atoms with Crippen molar-refractivity contribution in [3.8, 4) is 0 Å². The first-order valence-corrected chi connectivity index (χ1v) is 6.41. The molecule has 0 spiro atoms. The fourth-order valence-corrected chi connectivity index (χ4v) is 2.50. The van der Waals surface area contributed by atoms with Gasteiger partial charge in [-0.05, 0) is 40.2 Å². The van der Waals surface area contributed by atoms with Crippen LogP contribution in [0.25, 0.3) is 0 Å². The Labute approximate surface area is 102 Å². The Balaban J connectivity index is 1.99. The van der Waals surface area contributed by atoms with Crippen molar-refractivity contribution in [1.82, 2.24) is 15.0 Å². The summed E-state index contributed by atoms with van der Waals surface area (Å²) in [6, 6.07) is 0.955. The van der Waals surface area contributed by atoms with E-state index in [0.29, 0.717) is 18.0 Å². The Kier molecular flexibility index (Phi) is 3.79. The third-order valence-corrected chi connectivity index (χ3v) is 3.38. The van der Waals surface area contributed by atoms with Gasteiger partial charge in [0.05, 0.1) is 6.04 Å². The van der Waals surface area contributed by atoms with Crippen molar-refractivity contribution < 1.29 is 4.52 Å². The van der Waals surface area contributed by atoms with Gasteiger partial charge in [0.1, 0.15) is 0 Å². The van der Waals surface area contributed by atoms with Crippen LogP contribution in [0, 0.1) is 0 Å². The number of hydrogen-bond donors (Lipinski definition) is 1. The lowest BCUT2D eigenvalue weighted by Crippen LogP contribution is -2.36. The molecule has 1 fully saturated rings. The van der Waals surface area contributed by atoms with E-state index in [4.69, 9.17) is 10.3 Å². The molecule has 2 N–H and O–H groups in total. The zero-order chi connectivity index (χ0) is 12.4. The van der Waals surface area contributed by atoms with Gasteiger partial charge in [-0.2, -0.15) is 4.98 Å². The van der Waals surface area contributed by atoms with Crippen molar-refractivity contribution in [2.75, 3.05) is 6.54 Å². The average molecular weight is 238 g/mol. The number of hydrogen-bond acceptors (Lipinski definition) is 5. The van der Waals surface area contributed by atoms with E-state index in [1.54, 1.807) is 0 Å². The van der Waals surface area contributed by atoms with Crippen LogP contribution < -0.4 is 5.73 Å². The third-order valence-electron chi connectivity index (χ3n) is 3.38. The molecule has 1 aromatic heterocycles. The second-order valence-corrected chi connectivity index (χ2v) is 5.17. The Morgan fingerprint density at radius 1 is 1.47 bits per heavy atom. The molecule has 0 aliphatic carbocycles. The molecule has 0 amide bonds. The van der Waals surface area contributed by atoms with Crippen LogP contribution >= 0.6 is 0 Å². The first-order chi connectivity index (χ1) is 8.08. The molecule has 5 nitrogen and oxygen atoms in total. The Morgan fingerprint density at radius 3 is 2.82 bits per heavy atom. The molecule has 1 aliphatic heterocycles. The molecule has 2 rings (SSSR count). The van der Waals surface area contributed by atoms with E-state index < -0.39 is 0 Å². The van der Waals surface area contributed by atoms with Gasteiger partial charge in [-0.25, -0.2) is 0 Å². The molecule has 2 unspecified atom stereocenters. The van der Waals surface area contributed by atoms with Gasteiger partial charge in [0.15, 0.2) is 5.82 Å². The van der Waals surface area contributed by atoms with Crippen molar-refractivity contribution in [2.45, 2.75) is 58.2 Å². The summed E-state index contributed by atoms with van der Waals surface area (Å²) in [4.78, 5) is 6.85. The third kappa shape index (κ3) is 2.84. The van der Waals surface area contributed by atoms with Gasteiger partial charge in [0.25, 0.3) is 0 Å². The maximum absolute atomic E-state index is 5.70. The van der Waals surface area contributed by atoms with Crippen molar-refractivity contribution in [2.24, 2.45) is 5.73 Å². The minimum absolute atomic E-state index is 0.180. The van der Waals surface area contributed by atoms with Crippen molar-refractivity contribution in [1.29, 1.82) is 0 Å². The van der Waals surface area contributed by atoms with Crippen LogP contribution in [0.3, 0.4) is 0 Å². The van der Waals surface area contributed by atoms with Crippen LogP contribution in [0.1, 0.15) is 51.4 Å². The van der Waals surface area contributed by atoms with Crippen molar-refractivity contribution in [3.05, 3.63) is 11.7 Å². The zero-order valence-corrected chi connectivity index (χ0v) is 10.9. The van der Waals surface area contributed by atoms with Gasteiger partial charge in [-0.1, -0.05) is 5.16 Å². The van der Waals surface area contributed by atoms with E-state index in [1.807, 2.05) is 6.92 Å². The highest BCUT2D eigenvalue weighted by molar-refractivity contribution is 4.95. The molecule has 2 heterocycles. The second-order valence-electron chi connectivity index (χ2n) is 5.17. The number of nitrogens with zero attached hydrogens (tertiary/aromatic N) is 3. The molecular formula is C12H22N4O. The summed E-state index contributed by atoms with van der Waals surface area (Å²) in [6.45, 7) is 7.51. The van der Waals surface area contributed by atoms with Crippen LogP contribution in [0.15, 0.2) is 4.52 Å². The predicted octanol–water partition coefficient (Wildman–Crippen LogP) is 1.50. The first-order valence-electron chi connectivity index (χ1n) is 6.41. The number of nitrogens with two attached hydrogens (primary N) is 1. The highest BCUT2D eigenvalue weighted by atomic mass is 16.5. The lowest BCUT2D eigenvalue weighted by molar-refractivity contribution is 0.200. The molecule has 0 radical (unpaired) electrons. The molecule has 96 valence electrons. The van der Waals surface area contributed by atoms with Gasteiger partial charge in [-0.15, -0.1) is 0 Å².